The first kappa shape index (κ1) is 18.5. The van der Waals surface area contributed by atoms with Gasteiger partial charge in [-0.2, -0.15) is 0 Å². The number of aromatic nitrogens is 2. The van der Waals surface area contributed by atoms with Crippen molar-refractivity contribution < 1.29 is 14.3 Å². The molecule has 0 fully saturated rings. The summed E-state index contributed by atoms with van der Waals surface area (Å²) in [4.78, 5) is 20.6. The van der Waals surface area contributed by atoms with Crippen LogP contribution in [-0.2, 0) is 0 Å². The van der Waals surface area contributed by atoms with Gasteiger partial charge in [-0.15, -0.1) is 0 Å². The number of hydrogen-bond donors (Lipinski definition) is 2. The maximum Gasteiger partial charge on any atom is 0.275 e. The highest BCUT2D eigenvalue weighted by Crippen LogP contribution is 2.30. The largest absolute Gasteiger partial charge is 0.497 e. The molecule has 3 aromatic rings. The zero-order valence-electron chi connectivity index (χ0n) is 14.7. The standard InChI is InChI=1S/C19H17ClN4O3/c1-26-14-6-7-15(17(9-14)27-2)24-18-11-21-16(10-22-18)19(25)23-13-5-3-4-12(20)8-13/h3-11H,1-2H3,(H,22,24)(H,23,25). The fraction of sp³-hybridized carbons (Fsp3) is 0.105. The molecule has 1 amide bonds. The van der Waals surface area contributed by atoms with Crippen molar-refractivity contribution >= 4 is 34.7 Å². The molecule has 0 aliphatic carbocycles. The van der Waals surface area contributed by atoms with E-state index < -0.39 is 0 Å². The normalized spacial score (nSPS) is 10.2. The molecule has 1 heterocycles. The molecule has 0 atom stereocenters. The number of amides is 1. The lowest BCUT2D eigenvalue weighted by Gasteiger charge is -2.12. The number of nitrogens with zero attached hydrogens (tertiary/aromatic N) is 2. The van der Waals surface area contributed by atoms with Crippen molar-refractivity contribution in [2.24, 2.45) is 0 Å². The molecule has 0 saturated carbocycles. The SMILES string of the molecule is COc1ccc(Nc2cnc(C(=O)Nc3cccc(Cl)c3)cn2)c(OC)c1. The number of nitrogens with one attached hydrogen (secondary N) is 2. The molecule has 0 saturated heterocycles. The fourth-order valence-electron chi connectivity index (χ4n) is 2.31. The monoisotopic (exact) mass is 384 g/mol. The number of benzene rings is 2. The van der Waals surface area contributed by atoms with E-state index in [0.717, 1.165) is 0 Å². The minimum atomic E-state index is -0.377. The zero-order chi connectivity index (χ0) is 19.2. The van der Waals surface area contributed by atoms with Gasteiger partial charge < -0.3 is 20.1 Å². The fourth-order valence-corrected chi connectivity index (χ4v) is 2.50. The van der Waals surface area contributed by atoms with Gasteiger partial charge in [-0.3, -0.25) is 4.79 Å². The van der Waals surface area contributed by atoms with Gasteiger partial charge in [0.2, 0.25) is 0 Å². The molecule has 7 nitrogen and oxygen atoms in total. The molecule has 0 radical (unpaired) electrons. The number of hydrogen-bond acceptors (Lipinski definition) is 6. The highest BCUT2D eigenvalue weighted by atomic mass is 35.5. The first-order chi connectivity index (χ1) is 13.1. The van der Waals surface area contributed by atoms with Crippen LogP contribution in [0.2, 0.25) is 5.02 Å². The van der Waals surface area contributed by atoms with E-state index in [1.807, 2.05) is 0 Å². The molecule has 2 N–H and O–H groups in total. The molecule has 0 bridgehead atoms. The Hall–Kier alpha value is -3.32. The second-order valence-corrected chi connectivity index (χ2v) is 5.88. The van der Waals surface area contributed by atoms with Gasteiger partial charge in [-0.05, 0) is 30.3 Å². The van der Waals surface area contributed by atoms with Crippen LogP contribution in [0.25, 0.3) is 0 Å². The summed E-state index contributed by atoms with van der Waals surface area (Å²) in [5, 5.41) is 6.35. The van der Waals surface area contributed by atoms with Crippen LogP contribution in [0.1, 0.15) is 10.5 Å². The lowest BCUT2D eigenvalue weighted by molar-refractivity contribution is 0.102. The molecule has 138 valence electrons. The van der Waals surface area contributed by atoms with Gasteiger partial charge in [-0.1, -0.05) is 17.7 Å². The number of methoxy groups -OCH3 is 2. The van der Waals surface area contributed by atoms with Crippen molar-refractivity contribution in [3.8, 4) is 11.5 Å². The number of rotatable bonds is 6. The second kappa shape index (κ2) is 8.37. The van der Waals surface area contributed by atoms with Gasteiger partial charge in [0.05, 0.1) is 32.3 Å². The third kappa shape index (κ3) is 4.65. The predicted octanol–water partition coefficient (Wildman–Crippen LogP) is 4.14. The highest BCUT2D eigenvalue weighted by molar-refractivity contribution is 6.30. The van der Waals surface area contributed by atoms with Gasteiger partial charge in [0.25, 0.3) is 5.91 Å². The van der Waals surface area contributed by atoms with Crippen LogP contribution in [0.5, 0.6) is 11.5 Å². The Labute approximate surface area is 161 Å². The zero-order valence-corrected chi connectivity index (χ0v) is 15.4. The van der Waals surface area contributed by atoms with Gasteiger partial charge in [0.15, 0.2) is 0 Å². The molecule has 0 spiro atoms. The minimum absolute atomic E-state index is 0.183. The van der Waals surface area contributed by atoms with Crippen molar-refractivity contribution in [1.82, 2.24) is 9.97 Å². The van der Waals surface area contributed by atoms with Crippen LogP contribution < -0.4 is 20.1 Å². The van der Waals surface area contributed by atoms with Crippen LogP contribution in [-0.4, -0.2) is 30.1 Å². The second-order valence-electron chi connectivity index (χ2n) is 5.44. The van der Waals surface area contributed by atoms with E-state index in [2.05, 4.69) is 20.6 Å². The highest BCUT2D eigenvalue weighted by Gasteiger charge is 2.10. The van der Waals surface area contributed by atoms with E-state index in [9.17, 15) is 4.79 Å². The molecule has 0 aliphatic rings. The van der Waals surface area contributed by atoms with E-state index >= 15 is 0 Å². The Kier molecular flexibility index (Phi) is 5.73. The molecular formula is C19H17ClN4O3. The van der Waals surface area contributed by atoms with E-state index in [0.29, 0.717) is 33.7 Å². The summed E-state index contributed by atoms with van der Waals surface area (Å²) in [5.41, 5.74) is 1.46. The van der Waals surface area contributed by atoms with Gasteiger partial charge >= 0.3 is 0 Å². The van der Waals surface area contributed by atoms with Crippen LogP contribution in [0, 0.1) is 0 Å². The summed E-state index contributed by atoms with van der Waals surface area (Å²) in [6.45, 7) is 0. The summed E-state index contributed by atoms with van der Waals surface area (Å²) in [7, 11) is 3.15. The van der Waals surface area contributed by atoms with E-state index in [1.165, 1.54) is 12.4 Å². The Morgan fingerprint density at radius 2 is 1.89 bits per heavy atom. The van der Waals surface area contributed by atoms with E-state index in [-0.39, 0.29) is 11.6 Å². The van der Waals surface area contributed by atoms with Crippen molar-refractivity contribution in [2.45, 2.75) is 0 Å². The van der Waals surface area contributed by atoms with E-state index in [4.69, 9.17) is 21.1 Å². The summed E-state index contributed by atoms with van der Waals surface area (Å²) in [5.74, 6) is 1.37. The van der Waals surface area contributed by atoms with Gasteiger partial charge in [-0.25, -0.2) is 9.97 Å². The summed E-state index contributed by atoms with van der Waals surface area (Å²) in [6.07, 6.45) is 2.86. The number of carbonyl (C=O) groups is 1. The molecule has 0 unspecified atom stereocenters. The number of carbonyl (C=O) groups excluding carboxylic acids is 1. The molecule has 3 rings (SSSR count). The molecule has 27 heavy (non-hydrogen) atoms. The molecular weight excluding hydrogens is 368 g/mol. The Bertz CT molecular complexity index is 948. The smallest absolute Gasteiger partial charge is 0.275 e. The molecule has 0 aliphatic heterocycles. The average Bonchev–Trinajstić information content (AvgIpc) is 2.69. The number of anilines is 3. The van der Waals surface area contributed by atoms with Crippen molar-refractivity contribution in [2.75, 3.05) is 24.9 Å². The quantitative estimate of drug-likeness (QED) is 0.664. The topological polar surface area (TPSA) is 85.4 Å². The van der Waals surface area contributed by atoms with E-state index in [1.54, 1.807) is 56.7 Å². The summed E-state index contributed by atoms with van der Waals surface area (Å²) >= 11 is 5.91. The Balaban J connectivity index is 1.71. The Morgan fingerprint density at radius 3 is 2.56 bits per heavy atom. The van der Waals surface area contributed by atoms with Gasteiger partial charge in [0.1, 0.15) is 23.0 Å². The molecule has 8 heteroatoms. The van der Waals surface area contributed by atoms with Gasteiger partial charge in [0, 0.05) is 16.8 Å². The van der Waals surface area contributed by atoms with Crippen LogP contribution in [0.15, 0.2) is 54.9 Å². The van der Waals surface area contributed by atoms with Crippen molar-refractivity contribution in [3.05, 3.63) is 65.6 Å². The maximum absolute atomic E-state index is 12.3. The summed E-state index contributed by atoms with van der Waals surface area (Å²) < 4.78 is 10.5. The first-order valence-electron chi connectivity index (χ1n) is 7.97. The van der Waals surface area contributed by atoms with Crippen LogP contribution in [0.4, 0.5) is 17.2 Å². The lowest BCUT2D eigenvalue weighted by Crippen LogP contribution is -2.14. The van der Waals surface area contributed by atoms with Crippen molar-refractivity contribution in [1.29, 1.82) is 0 Å². The third-order valence-corrected chi connectivity index (χ3v) is 3.87. The van der Waals surface area contributed by atoms with Crippen LogP contribution >= 0.6 is 11.6 Å². The van der Waals surface area contributed by atoms with Crippen LogP contribution in [0.3, 0.4) is 0 Å². The first-order valence-corrected chi connectivity index (χ1v) is 8.35. The molecule has 2 aromatic carbocycles. The lowest BCUT2D eigenvalue weighted by atomic mass is 10.2. The Morgan fingerprint density at radius 1 is 1.04 bits per heavy atom. The number of ether oxygens (including phenoxy) is 2. The third-order valence-electron chi connectivity index (χ3n) is 3.64. The summed E-state index contributed by atoms with van der Waals surface area (Å²) in [6, 6.07) is 12.2. The molecule has 1 aromatic heterocycles. The van der Waals surface area contributed by atoms with Crippen molar-refractivity contribution in [3.63, 3.8) is 0 Å². The number of halogens is 1. The predicted molar refractivity (Wildman–Crippen MR) is 104 cm³/mol. The average molecular weight is 385 g/mol. The maximum atomic E-state index is 12.3. The minimum Gasteiger partial charge on any atom is -0.497 e.